The third kappa shape index (κ3) is 2.70. The summed E-state index contributed by atoms with van der Waals surface area (Å²) in [5.74, 6) is 0. The Kier molecular flexibility index (Phi) is 4.35. The van der Waals surface area contributed by atoms with Crippen molar-refractivity contribution in [3.63, 3.8) is 0 Å². The molecule has 0 saturated carbocycles. The third-order valence-electron chi connectivity index (χ3n) is 2.70. The van der Waals surface area contributed by atoms with Gasteiger partial charge in [-0.1, -0.05) is 19.1 Å². The first-order valence-corrected chi connectivity index (χ1v) is 6.23. The fraction of sp³-hybridized carbons (Fsp3) is 0.500. The molecule has 2 aromatic heterocycles. The number of nitrogens with zero attached hydrogens (tertiary/aromatic N) is 5. The van der Waals surface area contributed by atoms with Gasteiger partial charge in [0.25, 0.3) is 0 Å². The molecule has 1 N–H and O–H groups in total. The fourth-order valence-corrected chi connectivity index (χ4v) is 1.93. The van der Waals surface area contributed by atoms with Gasteiger partial charge < -0.3 is 5.32 Å². The highest BCUT2D eigenvalue weighted by molar-refractivity contribution is 5.21. The standard InChI is InChI=1S/C12H18N6/c1-3-5-18-11(8-16-17-18)12(15-4-2)10-6-13-9-14-7-10/h6-9,12,15H,3-5H2,1-2H3. The van der Waals surface area contributed by atoms with E-state index in [9.17, 15) is 0 Å². The average Bonchev–Trinajstić information content (AvgIpc) is 2.85. The van der Waals surface area contributed by atoms with E-state index in [1.165, 1.54) is 6.33 Å². The van der Waals surface area contributed by atoms with Crippen LogP contribution in [0.1, 0.15) is 37.6 Å². The molecule has 1 atom stereocenters. The Bertz CT molecular complexity index is 466. The molecule has 0 amide bonds. The van der Waals surface area contributed by atoms with Crippen LogP contribution < -0.4 is 5.32 Å². The Balaban J connectivity index is 2.32. The molecule has 18 heavy (non-hydrogen) atoms. The molecule has 0 aliphatic rings. The number of hydrogen-bond donors (Lipinski definition) is 1. The molecule has 0 spiro atoms. The summed E-state index contributed by atoms with van der Waals surface area (Å²) in [6.07, 6.45) is 8.01. The van der Waals surface area contributed by atoms with Crippen molar-refractivity contribution in [2.45, 2.75) is 32.9 Å². The van der Waals surface area contributed by atoms with Crippen LogP contribution in [0.2, 0.25) is 0 Å². The average molecular weight is 246 g/mol. The topological polar surface area (TPSA) is 68.5 Å². The summed E-state index contributed by atoms with van der Waals surface area (Å²) in [7, 11) is 0. The van der Waals surface area contributed by atoms with Gasteiger partial charge in [-0.3, -0.25) is 0 Å². The molecule has 0 saturated heterocycles. The van der Waals surface area contributed by atoms with Crippen molar-refractivity contribution in [1.29, 1.82) is 0 Å². The second-order valence-corrected chi connectivity index (χ2v) is 4.04. The summed E-state index contributed by atoms with van der Waals surface area (Å²) in [6, 6.07) is 0.0396. The highest BCUT2D eigenvalue weighted by Gasteiger charge is 2.18. The molecule has 2 heterocycles. The van der Waals surface area contributed by atoms with Crippen molar-refractivity contribution in [3.05, 3.63) is 36.2 Å². The zero-order valence-electron chi connectivity index (χ0n) is 10.7. The summed E-state index contributed by atoms with van der Waals surface area (Å²) in [5.41, 5.74) is 2.08. The van der Waals surface area contributed by atoms with Crippen molar-refractivity contribution >= 4 is 0 Å². The van der Waals surface area contributed by atoms with Gasteiger partial charge in [-0.15, -0.1) is 5.10 Å². The quantitative estimate of drug-likeness (QED) is 0.828. The molecule has 2 rings (SSSR count). The second-order valence-electron chi connectivity index (χ2n) is 4.04. The molecule has 6 nitrogen and oxygen atoms in total. The van der Waals surface area contributed by atoms with Crippen LogP contribution in [0.3, 0.4) is 0 Å². The fourth-order valence-electron chi connectivity index (χ4n) is 1.93. The second kappa shape index (κ2) is 6.20. The molecular weight excluding hydrogens is 228 g/mol. The summed E-state index contributed by atoms with van der Waals surface area (Å²) in [6.45, 7) is 5.92. The number of nitrogens with one attached hydrogen (secondary N) is 1. The maximum Gasteiger partial charge on any atom is 0.115 e. The van der Waals surface area contributed by atoms with E-state index in [0.29, 0.717) is 0 Å². The van der Waals surface area contributed by atoms with Crippen LogP contribution in [0.15, 0.2) is 24.9 Å². The van der Waals surface area contributed by atoms with Gasteiger partial charge in [0.15, 0.2) is 0 Å². The van der Waals surface area contributed by atoms with Crippen LogP contribution in [-0.4, -0.2) is 31.5 Å². The Labute approximate surface area is 106 Å². The van der Waals surface area contributed by atoms with Gasteiger partial charge >= 0.3 is 0 Å². The minimum atomic E-state index is 0.0396. The molecule has 1 unspecified atom stereocenters. The lowest BCUT2D eigenvalue weighted by molar-refractivity contribution is 0.510. The predicted octanol–water partition coefficient (Wildman–Crippen LogP) is 1.18. The molecule has 0 aliphatic heterocycles. The molecule has 0 bridgehead atoms. The van der Waals surface area contributed by atoms with E-state index in [1.54, 1.807) is 6.20 Å². The van der Waals surface area contributed by atoms with Crippen LogP contribution in [0.5, 0.6) is 0 Å². The lowest BCUT2D eigenvalue weighted by Gasteiger charge is -2.18. The Morgan fingerprint density at radius 1 is 1.22 bits per heavy atom. The van der Waals surface area contributed by atoms with Crippen LogP contribution in [0.4, 0.5) is 0 Å². The minimum absolute atomic E-state index is 0.0396. The van der Waals surface area contributed by atoms with Crippen molar-refractivity contribution in [2.75, 3.05) is 6.54 Å². The number of aromatic nitrogens is 5. The summed E-state index contributed by atoms with van der Waals surface area (Å²) >= 11 is 0. The van der Waals surface area contributed by atoms with Crippen molar-refractivity contribution in [2.24, 2.45) is 0 Å². The monoisotopic (exact) mass is 246 g/mol. The summed E-state index contributed by atoms with van der Waals surface area (Å²) in [4.78, 5) is 8.14. The molecule has 2 aromatic rings. The first-order chi connectivity index (χ1) is 8.86. The van der Waals surface area contributed by atoms with E-state index in [4.69, 9.17) is 0 Å². The SMILES string of the molecule is CCCn1nncc1C(NCC)c1cncnc1. The first kappa shape index (κ1) is 12.6. The molecular formula is C12H18N6. The normalized spacial score (nSPS) is 12.6. The largest absolute Gasteiger partial charge is 0.305 e. The van der Waals surface area contributed by atoms with E-state index in [-0.39, 0.29) is 6.04 Å². The Morgan fingerprint density at radius 3 is 2.67 bits per heavy atom. The van der Waals surface area contributed by atoms with Gasteiger partial charge in [0.05, 0.1) is 17.9 Å². The lowest BCUT2D eigenvalue weighted by Crippen LogP contribution is -2.25. The van der Waals surface area contributed by atoms with Gasteiger partial charge in [-0.05, 0) is 13.0 Å². The van der Waals surface area contributed by atoms with Crippen molar-refractivity contribution in [1.82, 2.24) is 30.3 Å². The molecule has 0 radical (unpaired) electrons. The number of rotatable bonds is 6. The Hall–Kier alpha value is -1.82. The van der Waals surface area contributed by atoms with Crippen molar-refractivity contribution < 1.29 is 0 Å². The van der Waals surface area contributed by atoms with Gasteiger partial charge in [0, 0.05) is 24.5 Å². The Morgan fingerprint density at radius 2 is 2.00 bits per heavy atom. The van der Waals surface area contributed by atoms with Gasteiger partial charge in [-0.2, -0.15) is 0 Å². The van der Waals surface area contributed by atoms with E-state index in [1.807, 2.05) is 17.1 Å². The van der Waals surface area contributed by atoms with Crippen LogP contribution >= 0.6 is 0 Å². The smallest absolute Gasteiger partial charge is 0.115 e. The van der Waals surface area contributed by atoms with Crippen LogP contribution in [0.25, 0.3) is 0 Å². The predicted molar refractivity (Wildman–Crippen MR) is 67.9 cm³/mol. The zero-order chi connectivity index (χ0) is 12.8. The summed E-state index contributed by atoms with van der Waals surface area (Å²) < 4.78 is 1.93. The molecule has 0 aromatic carbocycles. The minimum Gasteiger partial charge on any atom is -0.305 e. The zero-order valence-corrected chi connectivity index (χ0v) is 10.7. The van der Waals surface area contributed by atoms with E-state index >= 15 is 0 Å². The maximum absolute atomic E-state index is 4.12. The van der Waals surface area contributed by atoms with E-state index < -0.39 is 0 Å². The van der Waals surface area contributed by atoms with Gasteiger partial charge in [0.2, 0.25) is 0 Å². The molecule has 0 aliphatic carbocycles. The number of aryl methyl sites for hydroxylation is 1. The van der Waals surface area contributed by atoms with Gasteiger partial charge in [0.1, 0.15) is 6.33 Å². The molecule has 0 fully saturated rings. The molecule has 6 heteroatoms. The number of hydrogen-bond acceptors (Lipinski definition) is 5. The summed E-state index contributed by atoms with van der Waals surface area (Å²) in [5, 5.41) is 11.5. The van der Waals surface area contributed by atoms with E-state index in [0.717, 1.165) is 30.8 Å². The van der Waals surface area contributed by atoms with Crippen LogP contribution in [0, 0.1) is 0 Å². The maximum atomic E-state index is 4.12. The lowest BCUT2D eigenvalue weighted by atomic mass is 10.1. The third-order valence-corrected chi connectivity index (χ3v) is 2.70. The highest BCUT2D eigenvalue weighted by atomic mass is 15.4. The molecule has 96 valence electrons. The first-order valence-electron chi connectivity index (χ1n) is 6.23. The van der Waals surface area contributed by atoms with Crippen molar-refractivity contribution in [3.8, 4) is 0 Å². The van der Waals surface area contributed by atoms with Gasteiger partial charge in [-0.25, -0.2) is 14.6 Å². The van der Waals surface area contributed by atoms with E-state index in [2.05, 4.69) is 39.4 Å². The van der Waals surface area contributed by atoms with Crippen LogP contribution in [-0.2, 0) is 6.54 Å². The highest BCUT2D eigenvalue weighted by Crippen LogP contribution is 2.19.